The van der Waals surface area contributed by atoms with Crippen LogP contribution in [0.1, 0.15) is 43.9 Å². The van der Waals surface area contributed by atoms with Crippen molar-refractivity contribution in [3.63, 3.8) is 0 Å². The fourth-order valence-corrected chi connectivity index (χ4v) is 3.75. The van der Waals surface area contributed by atoms with Crippen molar-refractivity contribution in [1.29, 1.82) is 0 Å². The molecule has 1 fully saturated rings. The third kappa shape index (κ3) is 4.33. The largest absolute Gasteiger partial charge is 0.396 e. The fourth-order valence-electron chi connectivity index (χ4n) is 3.75. The highest BCUT2D eigenvalue weighted by atomic mass is 16.5. The lowest BCUT2D eigenvalue weighted by atomic mass is 9.82. The summed E-state index contributed by atoms with van der Waals surface area (Å²) in [7, 11) is 3.46. The molecule has 0 radical (unpaired) electrons. The van der Waals surface area contributed by atoms with Crippen LogP contribution in [0, 0.1) is 12.3 Å². The Hall–Kier alpha value is -1.92. The van der Waals surface area contributed by atoms with Gasteiger partial charge in [0.2, 0.25) is 5.91 Å². The summed E-state index contributed by atoms with van der Waals surface area (Å²) >= 11 is 0. The van der Waals surface area contributed by atoms with Gasteiger partial charge in [0.15, 0.2) is 6.10 Å². The van der Waals surface area contributed by atoms with Crippen molar-refractivity contribution in [2.75, 3.05) is 33.9 Å². The molecule has 2 atom stereocenters. The Balaban J connectivity index is 2.31. The van der Waals surface area contributed by atoms with Gasteiger partial charge in [-0.15, -0.1) is 0 Å². The molecule has 0 bridgehead atoms. The maximum Gasteiger partial charge on any atom is 0.254 e. The predicted octanol–water partition coefficient (Wildman–Crippen LogP) is 2.15. The van der Waals surface area contributed by atoms with Crippen molar-refractivity contribution in [3.05, 3.63) is 35.4 Å². The summed E-state index contributed by atoms with van der Waals surface area (Å²) in [6.07, 6.45) is 0.801. The lowest BCUT2D eigenvalue weighted by molar-refractivity contribution is -0.167. The Kier molecular flexibility index (Phi) is 7.00. The van der Waals surface area contributed by atoms with Gasteiger partial charge in [-0.05, 0) is 30.9 Å². The highest BCUT2D eigenvalue weighted by Gasteiger charge is 2.42. The molecule has 6 heteroatoms. The number of amides is 2. The van der Waals surface area contributed by atoms with Crippen molar-refractivity contribution >= 4 is 11.8 Å². The van der Waals surface area contributed by atoms with Crippen LogP contribution >= 0.6 is 0 Å². The van der Waals surface area contributed by atoms with E-state index in [9.17, 15) is 14.7 Å². The van der Waals surface area contributed by atoms with Crippen LogP contribution in [0.3, 0.4) is 0 Å². The molecule has 1 aliphatic heterocycles. The molecule has 1 aliphatic rings. The van der Waals surface area contributed by atoms with Crippen molar-refractivity contribution < 1.29 is 19.4 Å². The number of aliphatic hydroxyl groups excluding tert-OH is 1. The summed E-state index contributed by atoms with van der Waals surface area (Å²) in [6, 6.07) is 7.29. The quantitative estimate of drug-likeness (QED) is 0.792. The molecule has 1 saturated heterocycles. The molecule has 6 nitrogen and oxygen atoms in total. The number of nitrogens with zero attached hydrogens (tertiary/aromatic N) is 2. The van der Waals surface area contributed by atoms with Gasteiger partial charge in [0.05, 0.1) is 12.6 Å². The van der Waals surface area contributed by atoms with Gasteiger partial charge in [0.25, 0.3) is 5.91 Å². The van der Waals surface area contributed by atoms with Crippen LogP contribution in [0.5, 0.6) is 0 Å². The first-order valence-electron chi connectivity index (χ1n) is 9.58. The summed E-state index contributed by atoms with van der Waals surface area (Å²) < 4.78 is 5.74. The van der Waals surface area contributed by atoms with Crippen LogP contribution < -0.4 is 0 Å². The molecule has 2 rings (SSSR count). The van der Waals surface area contributed by atoms with E-state index in [2.05, 4.69) is 0 Å². The van der Waals surface area contributed by atoms with E-state index in [0.29, 0.717) is 6.54 Å². The summed E-state index contributed by atoms with van der Waals surface area (Å²) in [5, 5.41) is 9.84. The molecule has 1 aromatic rings. The number of carbonyl (C=O) groups excluding carboxylic acids is 2. The summed E-state index contributed by atoms with van der Waals surface area (Å²) in [4.78, 5) is 28.7. The van der Waals surface area contributed by atoms with Gasteiger partial charge < -0.3 is 19.6 Å². The number of morpholine rings is 1. The Labute approximate surface area is 162 Å². The second kappa shape index (κ2) is 8.85. The van der Waals surface area contributed by atoms with Crippen molar-refractivity contribution in [1.82, 2.24) is 9.80 Å². The summed E-state index contributed by atoms with van der Waals surface area (Å²) in [5.74, 6) is -0.302. The van der Waals surface area contributed by atoms with Gasteiger partial charge in [-0.25, -0.2) is 0 Å². The minimum absolute atomic E-state index is 0.0305. The van der Waals surface area contributed by atoms with Crippen LogP contribution in [0.15, 0.2) is 24.3 Å². The monoisotopic (exact) mass is 376 g/mol. The van der Waals surface area contributed by atoms with E-state index in [-0.39, 0.29) is 30.4 Å². The number of carbonyl (C=O) groups is 2. The van der Waals surface area contributed by atoms with Crippen molar-refractivity contribution in [2.24, 2.45) is 5.41 Å². The van der Waals surface area contributed by atoms with Crippen LogP contribution in [0.4, 0.5) is 0 Å². The van der Waals surface area contributed by atoms with E-state index in [1.807, 2.05) is 45.0 Å². The first-order chi connectivity index (χ1) is 12.8. The van der Waals surface area contributed by atoms with Crippen LogP contribution in [0.2, 0.25) is 0 Å². The molecule has 0 aromatic heterocycles. The molecule has 150 valence electrons. The fraction of sp³-hybridized carbons (Fsp3) is 0.619. The number of ether oxygens (including phenoxy) is 1. The standard InChI is InChI=1S/C21H32N2O4/c1-6-21(7-2,14-24)13-22(4)20(26)19-18(23(5)17(25)12-27-19)16-11-9-8-10-15(16)3/h8-11,18-19,24H,6-7,12-14H2,1-5H3/t18-,19+/m1/s1. The Morgan fingerprint density at radius 1 is 1.33 bits per heavy atom. The molecule has 27 heavy (non-hydrogen) atoms. The zero-order valence-electron chi connectivity index (χ0n) is 17.1. The second-order valence-electron chi connectivity index (χ2n) is 7.60. The topological polar surface area (TPSA) is 70.1 Å². The maximum absolute atomic E-state index is 13.3. The summed E-state index contributed by atoms with van der Waals surface area (Å²) in [5.41, 5.74) is 1.61. The van der Waals surface area contributed by atoms with Crippen molar-refractivity contribution in [3.8, 4) is 0 Å². The van der Waals surface area contributed by atoms with E-state index in [1.165, 1.54) is 0 Å². The molecule has 0 aliphatic carbocycles. The normalized spacial score (nSPS) is 20.7. The molecule has 1 aromatic carbocycles. The van der Waals surface area contributed by atoms with Gasteiger partial charge in [-0.1, -0.05) is 38.1 Å². The lowest BCUT2D eigenvalue weighted by Gasteiger charge is -2.41. The van der Waals surface area contributed by atoms with Crippen LogP contribution in [0.25, 0.3) is 0 Å². The lowest BCUT2D eigenvalue weighted by Crippen LogP contribution is -2.54. The molecular weight excluding hydrogens is 344 g/mol. The van der Waals surface area contributed by atoms with Gasteiger partial charge in [-0.3, -0.25) is 9.59 Å². The number of hydrogen-bond donors (Lipinski definition) is 1. The zero-order chi connectivity index (χ0) is 20.2. The maximum atomic E-state index is 13.3. The molecular formula is C21H32N2O4. The summed E-state index contributed by atoms with van der Waals surface area (Å²) in [6.45, 7) is 6.40. The molecule has 2 amide bonds. The van der Waals surface area contributed by atoms with E-state index >= 15 is 0 Å². The van der Waals surface area contributed by atoms with Gasteiger partial charge in [0, 0.05) is 26.1 Å². The first kappa shape index (κ1) is 21.4. The Bertz CT molecular complexity index is 664. The Morgan fingerprint density at radius 3 is 2.52 bits per heavy atom. The van der Waals surface area contributed by atoms with Crippen molar-refractivity contribution in [2.45, 2.75) is 45.8 Å². The minimum atomic E-state index is -0.760. The predicted molar refractivity (Wildman–Crippen MR) is 104 cm³/mol. The molecule has 1 N–H and O–H groups in total. The van der Waals surface area contributed by atoms with Gasteiger partial charge in [0.1, 0.15) is 6.61 Å². The zero-order valence-corrected chi connectivity index (χ0v) is 17.1. The molecule has 0 saturated carbocycles. The number of aryl methyl sites for hydroxylation is 1. The average molecular weight is 376 g/mol. The number of likely N-dealkylation sites (N-methyl/N-ethyl adjacent to an activating group) is 2. The molecule has 1 heterocycles. The molecule has 0 spiro atoms. The highest BCUT2D eigenvalue weighted by Crippen LogP contribution is 2.33. The smallest absolute Gasteiger partial charge is 0.254 e. The highest BCUT2D eigenvalue weighted by molar-refractivity contribution is 5.86. The number of hydrogen-bond acceptors (Lipinski definition) is 4. The third-order valence-electron chi connectivity index (χ3n) is 6.02. The van der Waals surface area contributed by atoms with E-state index in [0.717, 1.165) is 24.0 Å². The molecule has 0 unspecified atom stereocenters. The van der Waals surface area contributed by atoms with E-state index in [4.69, 9.17) is 4.74 Å². The minimum Gasteiger partial charge on any atom is -0.396 e. The number of aliphatic hydroxyl groups is 1. The second-order valence-corrected chi connectivity index (χ2v) is 7.60. The van der Waals surface area contributed by atoms with Gasteiger partial charge >= 0.3 is 0 Å². The van der Waals surface area contributed by atoms with Crippen LogP contribution in [-0.2, 0) is 14.3 Å². The average Bonchev–Trinajstić information content (AvgIpc) is 2.68. The Morgan fingerprint density at radius 2 is 1.96 bits per heavy atom. The number of benzene rings is 1. The van der Waals surface area contributed by atoms with Gasteiger partial charge in [-0.2, -0.15) is 0 Å². The van der Waals surface area contributed by atoms with Crippen LogP contribution in [-0.4, -0.2) is 66.7 Å². The van der Waals surface area contributed by atoms with E-state index < -0.39 is 12.1 Å². The SMILES string of the molecule is CCC(CC)(CO)CN(C)C(=O)[C@H]1OCC(=O)N(C)[C@@H]1c1ccccc1C. The first-order valence-corrected chi connectivity index (χ1v) is 9.58. The third-order valence-corrected chi connectivity index (χ3v) is 6.02. The van der Waals surface area contributed by atoms with E-state index in [1.54, 1.807) is 23.9 Å². The number of rotatable bonds is 7.